The Kier molecular flexibility index (Phi) is 3.34. The second kappa shape index (κ2) is 4.81. The van der Waals surface area contributed by atoms with E-state index >= 15 is 0 Å². The first-order valence-electron chi connectivity index (χ1n) is 5.06. The minimum absolute atomic E-state index is 0.0813. The molecule has 100 valence electrons. The van der Waals surface area contributed by atoms with Gasteiger partial charge in [-0.15, -0.1) is 0 Å². The Balaban J connectivity index is 2.25. The quantitative estimate of drug-likeness (QED) is 0.854. The summed E-state index contributed by atoms with van der Waals surface area (Å²) in [6.07, 6.45) is 0. The molecule has 0 saturated carbocycles. The molecule has 1 aromatic heterocycles. The van der Waals surface area contributed by atoms with Gasteiger partial charge in [0, 0.05) is 6.07 Å². The molecule has 0 bridgehead atoms. The van der Waals surface area contributed by atoms with Crippen LogP contribution in [0.2, 0.25) is 0 Å². The molecule has 2 aromatic rings. The van der Waals surface area contributed by atoms with Gasteiger partial charge in [-0.2, -0.15) is 0 Å². The van der Waals surface area contributed by atoms with E-state index in [-0.39, 0.29) is 16.3 Å². The lowest BCUT2D eigenvalue weighted by Crippen LogP contribution is -2.04. The molecule has 0 spiro atoms. The maximum absolute atomic E-state index is 12.7. The normalized spacial score (nSPS) is 11.4. The SMILES string of the molecule is O=C(O)c1cc(CS(=O)(=O)c2ccc(F)cc2)on1. The summed E-state index contributed by atoms with van der Waals surface area (Å²) in [6, 6.07) is 5.33. The first-order chi connectivity index (χ1) is 8.88. The molecule has 19 heavy (non-hydrogen) atoms. The Morgan fingerprint density at radius 3 is 2.47 bits per heavy atom. The van der Waals surface area contributed by atoms with Gasteiger partial charge in [0.05, 0.1) is 4.90 Å². The van der Waals surface area contributed by atoms with Crippen molar-refractivity contribution in [2.24, 2.45) is 0 Å². The Bertz CT molecular complexity index is 705. The largest absolute Gasteiger partial charge is 0.476 e. The highest BCUT2D eigenvalue weighted by Crippen LogP contribution is 2.17. The number of carboxylic acid groups (broad SMARTS) is 1. The van der Waals surface area contributed by atoms with Crippen LogP contribution in [0.5, 0.6) is 0 Å². The van der Waals surface area contributed by atoms with Crippen molar-refractivity contribution in [3.05, 3.63) is 47.6 Å². The third-order valence-corrected chi connectivity index (χ3v) is 3.94. The zero-order valence-corrected chi connectivity index (χ0v) is 10.2. The maximum Gasteiger partial charge on any atom is 0.358 e. The summed E-state index contributed by atoms with van der Waals surface area (Å²) in [5, 5.41) is 11.8. The van der Waals surface area contributed by atoms with Crippen LogP contribution < -0.4 is 0 Å². The summed E-state index contributed by atoms with van der Waals surface area (Å²) in [4.78, 5) is 10.5. The average Bonchev–Trinajstić information content (AvgIpc) is 2.77. The van der Waals surface area contributed by atoms with Crippen LogP contribution in [0.3, 0.4) is 0 Å². The van der Waals surface area contributed by atoms with E-state index in [1.54, 1.807) is 0 Å². The van der Waals surface area contributed by atoms with Crippen LogP contribution in [0.1, 0.15) is 16.2 Å². The Labute approximate surface area is 107 Å². The van der Waals surface area contributed by atoms with Gasteiger partial charge in [-0.1, -0.05) is 5.16 Å². The minimum atomic E-state index is -3.74. The van der Waals surface area contributed by atoms with E-state index in [0.29, 0.717) is 0 Å². The summed E-state index contributed by atoms with van der Waals surface area (Å²) in [7, 11) is -3.74. The standard InChI is InChI=1S/C11H8FNO5S/c12-7-1-3-9(4-2-7)19(16,17)6-8-5-10(11(14)15)13-18-8/h1-5H,6H2,(H,14,15). The molecule has 1 aromatic carbocycles. The summed E-state index contributed by atoms with van der Waals surface area (Å²) in [6.45, 7) is 0. The molecule has 6 nitrogen and oxygen atoms in total. The second-order valence-corrected chi connectivity index (χ2v) is 5.69. The van der Waals surface area contributed by atoms with Crippen molar-refractivity contribution in [1.29, 1.82) is 0 Å². The number of halogens is 1. The minimum Gasteiger partial charge on any atom is -0.476 e. The zero-order valence-electron chi connectivity index (χ0n) is 9.41. The van der Waals surface area contributed by atoms with Crippen LogP contribution in [0, 0.1) is 5.82 Å². The van der Waals surface area contributed by atoms with Crippen LogP contribution >= 0.6 is 0 Å². The van der Waals surface area contributed by atoms with Gasteiger partial charge in [-0.3, -0.25) is 0 Å². The lowest BCUT2D eigenvalue weighted by Gasteiger charge is -2.01. The number of aromatic nitrogens is 1. The molecule has 0 atom stereocenters. The van der Waals surface area contributed by atoms with Gasteiger partial charge in [-0.25, -0.2) is 17.6 Å². The predicted molar refractivity (Wildman–Crippen MR) is 60.8 cm³/mol. The van der Waals surface area contributed by atoms with Crippen LogP contribution in [-0.2, 0) is 15.6 Å². The number of hydrogen-bond acceptors (Lipinski definition) is 5. The molecule has 1 heterocycles. The molecule has 0 fully saturated rings. The first-order valence-corrected chi connectivity index (χ1v) is 6.71. The van der Waals surface area contributed by atoms with E-state index in [0.717, 1.165) is 30.3 Å². The van der Waals surface area contributed by atoms with E-state index in [4.69, 9.17) is 5.11 Å². The fourth-order valence-corrected chi connectivity index (χ4v) is 2.62. The first kappa shape index (κ1) is 13.2. The monoisotopic (exact) mass is 285 g/mol. The molecule has 0 aliphatic heterocycles. The number of rotatable bonds is 4. The van der Waals surface area contributed by atoms with E-state index in [1.807, 2.05) is 0 Å². The predicted octanol–water partition coefficient (Wildman–Crippen LogP) is 1.49. The van der Waals surface area contributed by atoms with Gasteiger partial charge >= 0.3 is 5.97 Å². The number of aromatic carboxylic acids is 1. The van der Waals surface area contributed by atoms with E-state index in [9.17, 15) is 17.6 Å². The van der Waals surface area contributed by atoms with E-state index < -0.39 is 27.4 Å². The third kappa shape index (κ3) is 2.97. The van der Waals surface area contributed by atoms with Gasteiger partial charge in [0.25, 0.3) is 0 Å². The fourth-order valence-electron chi connectivity index (χ4n) is 1.39. The highest BCUT2D eigenvalue weighted by atomic mass is 32.2. The van der Waals surface area contributed by atoms with Crippen LogP contribution in [0.15, 0.2) is 39.8 Å². The Morgan fingerprint density at radius 1 is 1.32 bits per heavy atom. The van der Waals surface area contributed by atoms with Crippen molar-refractivity contribution in [3.8, 4) is 0 Å². The number of carbonyl (C=O) groups is 1. The van der Waals surface area contributed by atoms with Crippen LogP contribution in [-0.4, -0.2) is 24.7 Å². The molecule has 1 N–H and O–H groups in total. The molecule has 2 rings (SSSR count). The van der Waals surface area contributed by atoms with Crippen molar-refractivity contribution in [2.45, 2.75) is 10.6 Å². The van der Waals surface area contributed by atoms with E-state index in [1.165, 1.54) is 0 Å². The zero-order chi connectivity index (χ0) is 14.0. The summed E-state index contributed by atoms with van der Waals surface area (Å²) >= 11 is 0. The van der Waals surface area contributed by atoms with Gasteiger partial charge < -0.3 is 9.63 Å². The molecule has 0 amide bonds. The number of sulfone groups is 1. The summed E-state index contributed by atoms with van der Waals surface area (Å²) in [5.74, 6) is -2.50. The third-order valence-electron chi connectivity index (χ3n) is 2.28. The number of nitrogens with zero attached hydrogens (tertiary/aromatic N) is 1. The summed E-state index contributed by atoms with van der Waals surface area (Å²) < 4.78 is 41.2. The van der Waals surface area contributed by atoms with Crippen molar-refractivity contribution >= 4 is 15.8 Å². The molecule has 0 aliphatic carbocycles. The number of carboxylic acids is 1. The van der Waals surface area contributed by atoms with Gasteiger partial charge in [0.2, 0.25) is 0 Å². The second-order valence-electron chi connectivity index (χ2n) is 3.70. The lowest BCUT2D eigenvalue weighted by molar-refractivity contribution is 0.0685. The smallest absolute Gasteiger partial charge is 0.358 e. The van der Waals surface area contributed by atoms with Crippen molar-refractivity contribution in [3.63, 3.8) is 0 Å². The van der Waals surface area contributed by atoms with Gasteiger partial charge in [0.15, 0.2) is 21.3 Å². The van der Waals surface area contributed by atoms with Crippen molar-refractivity contribution in [1.82, 2.24) is 5.16 Å². The molecule has 0 saturated heterocycles. The number of hydrogen-bond donors (Lipinski definition) is 1. The summed E-state index contributed by atoms with van der Waals surface area (Å²) in [5.41, 5.74) is -0.371. The highest BCUT2D eigenvalue weighted by Gasteiger charge is 2.20. The number of benzene rings is 1. The maximum atomic E-state index is 12.7. The molecular formula is C11H8FNO5S. The molecule has 0 aliphatic rings. The Hall–Kier alpha value is -2.22. The molecule has 8 heteroatoms. The van der Waals surface area contributed by atoms with Gasteiger partial charge in [0.1, 0.15) is 11.6 Å². The molecule has 0 radical (unpaired) electrons. The van der Waals surface area contributed by atoms with E-state index in [2.05, 4.69) is 9.68 Å². The van der Waals surface area contributed by atoms with Crippen LogP contribution in [0.4, 0.5) is 4.39 Å². The van der Waals surface area contributed by atoms with Gasteiger partial charge in [-0.05, 0) is 24.3 Å². The molecular weight excluding hydrogens is 277 g/mol. The Morgan fingerprint density at radius 2 is 1.95 bits per heavy atom. The highest BCUT2D eigenvalue weighted by molar-refractivity contribution is 7.90. The van der Waals surface area contributed by atoms with Crippen molar-refractivity contribution in [2.75, 3.05) is 0 Å². The van der Waals surface area contributed by atoms with Crippen molar-refractivity contribution < 1.29 is 27.2 Å². The topological polar surface area (TPSA) is 97.5 Å². The van der Waals surface area contributed by atoms with Crippen LogP contribution in [0.25, 0.3) is 0 Å². The molecule has 0 unspecified atom stereocenters. The lowest BCUT2D eigenvalue weighted by atomic mass is 10.3. The average molecular weight is 285 g/mol. The fraction of sp³-hybridized carbons (Fsp3) is 0.0909.